The molecule has 0 fully saturated rings. The molecule has 3 rings (SSSR count). The van der Waals surface area contributed by atoms with Crippen LogP contribution in [-0.2, 0) is 11.2 Å². The van der Waals surface area contributed by atoms with Crippen molar-refractivity contribution in [1.82, 2.24) is 0 Å². The summed E-state index contributed by atoms with van der Waals surface area (Å²) in [5.74, 6) is -0.802. The molecule has 0 aliphatic rings. The van der Waals surface area contributed by atoms with E-state index in [0.29, 0.717) is 24.2 Å². The molecule has 0 saturated carbocycles. The van der Waals surface area contributed by atoms with Crippen LogP contribution in [0.4, 0.5) is 14.5 Å². The topological polar surface area (TPSA) is 45.7 Å². The highest BCUT2D eigenvalue weighted by Crippen LogP contribution is 2.14. The zero-order valence-corrected chi connectivity index (χ0v) is 14.7. The number of quaternary nitrogens is 1. The standard InChI is InChI=1S/C22H20F2N2O/c23-18-10-12-19(13-11-18)26-22(27)21(17-7-2-1-3-8-17)25-15-14-16-6-4-5-9-20(16)24/h1-13,21,25H,14-15H2,(H,26,27)/p+1/t21-/m1/s1. The molecular weight excluding hydrogens is 346 g/mol. The number of hydrogen-bond acceptors (Lipinski definition) is 1. The van der Waals surface area contributed by atoms with Crippen LogP contribution < -0.4 is 10.6 Å². The Kier molecular flexibility index (Phi) is 6.28. The Morgan fingerprint density at radius 3 is 2.26 bits per heavy atom. The van der Waals surface area contributed by atoms with Crippen LogP contribution >= 0.6 is 0 Å². The van der Waals surface area contributed by atoms with Crippen LogP contribution in [0.25, 0.3) is 0 Å². The molecule has 1 amide bonds. The molecular formula is C22H21F2N2O+. The Balaban J connectivity index is 1.70. The number of amides is 1. The van der Waals surface area contributed by atoms with Crippen molar-refractivity contribution in [3.05, 3.63) is 102 Å². The first-order valence-electron chi connectivity index (χ1n) is 8.81. The van der Waals surface area contributed by atoms with Crippen molar-refractivity contribution >= 4 is 11.6 Å². The van der Waals surface area contributed by atoms with Crippen LogP contribution in [0.1, 0.15) is 17.2 Å². The van der Waals surface area contributed by atoms with Gasteiger partial charge in [0.1, 0.15) is 11.6 Å². The van der Waals surface area contributed by atoms with E-state index in [1.54, 1.807) is 18.2 Å². The van der Waals surface area contributed by atoms with Gasteiger partial charge in [-0.05, 0) is 35.9 Å². The number of halogens is 2. The second kappa shape index (κ2) is 9.05. The average molecular weight is 367 g/mol. The lowest BCUT2D eigenvalue weighted by molar-refractivity contribution is -0.682. The van der Waals surface area contributed by atoms with Crippen LogP contribution in [0.15, 0.2) is 78.9 Å². The molecule has 27 heavy (non-hydrogen) atoms. The minimum atomic E-state index is -0.483. The van der Waals surface area contributed by atoms with Gasteiger partial charge in [-0.15, -0.1) is 0 Å². The van der Waals surface area contributed by atoms with E-state index in [0.717, 1.165) is 5.56 Å². The molecule has 3 nitrogen and oxygen atoms in total. The van der Waals surface area contributed by atoms with Crippen molar-refractivity contribution in [1.29, 1.82) is 0 Å². The molecule has 0 spiro atoms. The van der Waals surface area contributed by atoms with E-state index >= 15 is 0 Å². The molecule has 0 radical (unpaired) electrons. The highest BCUT2D eigenvalue weighted by Gasteiger charge is 2.24. The Morgan fingerprint density at radius 2 is 1.56 bits per heavy atom. The third-order valence-corrected chi connectivity index (χ3v) is 4.33. The summed E-state index contributed by atoms with van der Waals surface area (Å²) in [6.45, 7) is 0.553. The van der Waals surface area contributed by atoms with Gasteiger partial charge in [0.2, 0.25) is 0 Å². The first kappa shape index (κ1) is 18.7. The number of nitrogens with one attached hydrogen (secondary N) is 1. The van der Waals surface area contributed by atoms with E-state index in [2.05, 4.69) is 5.32 Å². The van der Waals surface area contributed by atoms with E-state index in [4.69, 9.17) is 0 Å². The Bertz CT molecular complexity index is 882. The van der Waals surface area contributed by atoms with Gasteiger partial charge in [-0.3, -0.25) is 4.79 Å². The second-order valence-corrected chi connectivity index (χ2v) is 6.25. The number of carbonyl (C=O) groups is 1. The Labute approximate surface area is 157 Å². The fraction of sp³-hybridized carbons (Fsp3) is 0.136. The summed E-state index contributed by atoms with van der Waals surface area (Å²) in [6.07, 6.45) is 0.514. The second-order valence-electron chi connectivity index (χ2n) is 6.25. The lowest BCUT2D eigenvalue weighted by atomic mass is 10.1. The molecule has 0 bridgehead atoms. The molecule has 3 aromatic carbocycles. The summed E-state index contributed by atoms with van der Waals surface area (Å²) < 4.78 is 26.9. The third-order valence-electron chi connectivity index (χ3n) is 4.33. The highest BCUT2D eigenvalue weighted by molar-refractivity contribution is 5.94. The maximum absolute atomic E-state index is 13.8. The molecule has 3 aromatic rings. The first-order valence-corrected chi connectivity index (χ1v) is 8.81. The van der Waals surface area contributed by atoms with Crippen molar-refractivity contribution < 1.29 is 18.9 Å². The first-order chi connectivity index (χ1) is 13.1. The van der Waals surface area contributed by atoms with E-state index in [9.17, 15) is 13.6 Å². The molecule has 0 aliphatic carbocycles. The fourth-order valence-corrected chi connectivity index (χ4v) is 2.91. The van der Waals surface area contributed by atoms with Crippen LogP contribution in [0.5, 0.6) is 0 Å². The Hall–Kier alpha value is -3.05. The lowest BCUT2D eigenvalue weighted by Gasteiger charge is -2.16. The minimum Gasteiger partial charge on any atom is -0.332 e. The van der Waals surface area contributed by atoms with Crippen molar-refractivity contribution in [2.75, 3.05) is 11.9 Å². The van der Waals surface area contributed by atoms with E-state index < -0.39 is 6.04 Å². The van der Waals surface area contributed by atoms with Gasteiger partial charge in [-0.1, -0.05) is 48.5 Å². The zero-order chi connectivity index (χ0) is 19.1. The molecule has 0 unspecified atom stereocenters. The normalized spacial score (nSPS) is 11.8. The van der Waals surface area contributed by atoms with E-state index in [1.807, 2.05) is 35.6 Å². The van der Waals surface area contributed by atoms with Crippen molar-refractivity contribution in [3.8, 4) is 0 Å². The van der Waals surface area contributed by atoms with Crippen molar-refractivity contribution in [2.45, 2.75) is 12.5 Å². The third kappa shape index (κ3) is 5.21. The summed E-state index contributed by atoms with van der Waals surface area (Å²) >= 11 is 0. The van der Waals surface area contributed by atoms with Crippen LogP contribution in [0.2, 0.25) is 0 Å². The number of carbonyl (C=O) groups excluding carboxylic acids is 1. The number of hydrogen-bond donors (Lipinski definition) is 2. The van der Waals surface area contributed by atoms with Crippen molar-refractivity contribution in [2.24, 2.45) is 0 Å². The summed E-state index contributed by atoms with van der Waals surface area (Å²) in [5, 5.41) is 4.71. The molecule has 0 heterocycles. The summed E-state index contributed by atoms with van der Waals surface area (Å²) in [6, 6.07) is 21.2. The average Bonchev–Trinajstić information content (AvgIpc) is 2.69. The van der Waals surface area contributed by atoms with Gasteiger partial charge in [0.05, 0.1) is 6.54 Å². The quantitative estimate of drug-likeness (QED) is 0.660. The minimum absolute atomic E-state index is 0.207. The largest absolute Gasteiger partial charge is 0.332 e. The van der Waals surface area contributed by atoms with Crippen LogP contribution in [0.3, 0.4) is 0 Å². The molecule has 3 N–H and O–H groups in total. The van der Waals surface area contributed by atoms with Gasteiger partial charge >= 0.3 is 0 Å². The van der Waals surface area contributed by atoms with Crippen LogP contribution in [-0.4, -0.2) is 12.5 Å². The smallest absolute Gasteiger partial charge is 0.287 e. The summed E-state index contributed by atoms with van der Waals surface area (Å²) in [4.78, 5) is 12.8. The fourth-order valence-electron chi connectivity index (χ4n) is 2.91. The zero-order valence-electron chi connectivity index (χ0n) is 14.7. The maximum atomic E-state index is 13.8. The van der Waals surface area contributed by atoms with Gasteiger partial charge in [0, 0.05) is 17.7 Å². The van der Waals surface area contributed by atoms with E-state index in [1.165, 1.54) is 30.3 Å². The number of anilines is 1. The summed E-state index contributed by atoms with van der Waals surface area (Å²) in [7, 11) is 0. The molecule has 0 saturated heterocycles. The highest BCUT2D eigenvalue weighted by atomic mass is 19.1. The molecule has 1 atom stereocenters. The molecule has 138 valence electrons. The van der Waals surface area contributed by atoms with Gasteiger partial charge in [-0.2, -0.15) is 0 Å². The maximum Gasteiger partial charge on any atom is 0.287 e. The van der Waals surface area contributed by atoms with E-state index in [-0.39, 0.29) is 17.5 Å². The van der Waals surface area contributed by atoms with Gasteiger partial charge in [0.25, 0.3) is 5.91 Å². The van der Waals surface area contributed by atoms with Gasteiger partial charge in [0.15, 0.2) is 6.04 Å². The number of rotatable bonds is 7. The predicted octanol–water partition coefficient (Wildman–Crippen LogP) is 3.45. The van der Waals surface area contributed by atoms with Crippen molar-refractivity contribution in [3.63, 3.8) is 0 Å². The van der Waals surface area contributed by atoms with Gasteiger partial charge < -0.3 is 10.6 Å². The molecule has 0 aliphatic heterocycles. The summed E-state index contributed by atoms with van der Waals surface area (Å²) in [5.41, 5.74) is 2.01. The molecule has 5 heteroatoms. The number of nitrogens with two attached hydrogens (primary N) is 1. The predicted molar refractivity (Wildman–Crippen MR) is 101 cm³/mol. The lowest BCUT2D eigenvalue weighted by Crippen LogP contribution is -2.87. The van der Waals surface area contributed by atoms with Crippen LogP contribution in [0, 0.1) is 11.6 Å². The monoisotopic (exact) mass is 367 g/mol. The SMILES string of the molecule is O=C(Nc1ccc(F)cc1)[C@H]([NH2+]CCc1ccccc1F)c1ccccc1. The van der Waals surface area contributed by atoms with Gasteiger partial charge in [-0.25, -0.2) is 8.78 Å². The molecule has 0 aromatic heterocycles. The Morgan fingerprint density at radius 1 is 0.889 bits per heavy atom. The number of benzene rings is 3.